The van der Waals surface area contributed by atoms with Crippen molar-refractivity contribution >= 4 is 40.5 Å². The number of hydrogen-bond donors (Lipinski definition) is 8. The van der Waals surface area contributed by atoms with Gasteiger partial charge in [0, 0.05) is 48.3 Å². The van der Waals surface area contributed by atoms with Crippen LogP contribution in [-0.2, 0) is 36.8 Å². The molecule has 1 aliphatic heterocycles. The highest BCUT2D eigenvalue weighted by Crippen LogP contribution is 2.19. The van der Waals surface area contributed by atoms with Crippen molar-refractivity contribution < 1.29 is 29.1 Å². The molecule has 4 unspecified atom stereocenters. The van der Waals surface area contributed by atoms with Gasteiger partial charge in [-0.25, -0.2) is 9.78 Å². The highest BCUT2D eigenvalue weighted by molar-refractivity contribution is 5.95. The number of aromatic nitrogens is 3. The number of aromatic amines is 2. The first-order valence-electron chi connectivity index (χ1n) is 13.4. The Bertz CT molecular complexity index is 1380. The van der Waals surface area contributed by atoms with Crippen LogP contribution in [0.3, 0.4) is 0 Å². The van der Waals surface area contributed by atoms with E-state index in [0.717, 1.165) is 22.9 Å². The number of carbonyl (C=O) groups excluding carboxylic acids is 4. The Morgan fingerprint density at radius 2 is 1.76 bits per heavy atom. The summed E-state index contributed by atoms with van der Waals surface area (Å²) in [6, 6.07) is 3.30. The Balaban J connectivity index is 1.55. The lowest BCUT2D eigenvalue weighted by atomic mass is 10.0. The summed E-state index contributed by atoms with van der Waals surface area (Å²) in [6.45, 7) is 0.673. The number of imidazole rings is 1. The molecule has 14 heteroatoms. The molecular formula is C27H34N8O6. The fourth-order valence-electron chi connectivity index (χ4n) is 4.83. The number of hydrogen-bond acceptors (Lipinski definition) is 7. The number of rotatable bonds is 14. The number of carboxylic acids is 1. The van der Waals surface area contributed by atoms with Crippen LogP contribution in [0.15, 0.2) is 43.0 Å². The lowest BCUT2D eigenvalue weighted by Gasteiger charge is -2.25. The summed E-state index contributed by atoms with van der Waals surface area (Å²) < 4.78 is 0. The van der Waals surface area contributed by atoms with Gasteiger partial charge in [-0.3, -0.25) is 19.2 Å². The number of primary amides is 1. The zero-order chi connectivity index (χ0) is 29.4. The number of amides is 4. The number of nitrogens with two attached hydrogens (primary N) is 1. The molecule has 0 saturated carbocycles. The number of fused-ring (bicyclic) bond motifs is 1. The van der Waals surface area contributed by atoms with Crippen LogP contribution in [0, 0.1) is 0 Å². The molecular weight excluding hydrogens is 532 g/mol. The minimum Gasteiger partial charge on any atom is -0.480 e. The molecule has 1 saturated heterocycles. The molecule has 4 amide bonds. The third-order valence-corrected chi connectivity index (χ3v) is 7.01. The van der Waals surface area contributed by atoms with Gasteiger partial charge in [0.2, 0.25) is 23.6 Å². The van der Waals surface area contributed by atoms with E-state index in [1.54, 1.807) is 6.20 Å². The summed E-state index contributed by atoms with van der Waals surface area (Å²) >= 11 is 0. The zero-order valence-corrected chi connectivity index (χ0v) is 22.3. The molecule has 4 atom stereocenters. The molecule has 14 nitrogen and oxygen atoms in total. The van der Waals surface area contributed by atoms with E-state index < -0.39 is 53.8 Å². The van der Waals surface area contributed by atoms with Crippen LogP contribution in [0.4, 0.5) is 0 Å². The van der Waals surface area contributed by atoms with Crippen molar-refractivity contribution in [2.45, 2.75) is 62.7 Å². The summed E-state index contributed by atoms with van der Waals surface area (Å²) in [7, 11) is 0. The van der Waals surface area contributed by atoms with Crippen LogP contribution in [0.2, 0.25) is 0 Å². The number of aliphatic carboxylic acids is 1. The van der Waals surface area contributed by atoms with Crippen LogP contribution < -0.4 is 27.0 Å². The first-order chi connectivity index (χ1) is 19.7. The second kappa shape index (κ2) is 13.6. The second-order valence-electron chi connectivity index (χ2n) is 10.0. The fraction of sp³-hybridized carbons (Fsp3) is 0.407. The summed E-state index contributed by atoms with van der Waals surface area (Å²) in [6.07, 6.45) is 5.73. The molecule has 1 aromatic carbocycles. The van der Waals surface area contributed by atoms with Crippen molar-refractivity contribution in [3.05, 3.63) is 54.2 Å². The van der Waals surface area contributed by atoms with Gasteiger partial charge in [0.25, 0.3) is 0 Å². The summed E-state index contributed by atoms with van der Waals surface area (Å²) in [5, 5.41) is 21.5. The third-order valence-electron chi connectivity index (χ3n) is 7.01. The molecule has 1 aliphatic rings. The Labute approximate surface area is 235 Å². The van der Waals surface area contributed by atoms with E-state index in [9.17, 15) is 29.1 Å². The topological polar surface area (TPSA) is 224 Å². The number of para-hydroxylation sites is 1. The zero-order valence-electron chi connectivity index (χ0n) is 22.3. The highest BCUT2D eigenvalue weighted by atomic mass is 16.4. The molecule has 3 aromatic rings. The minimum atomic E-state index is -1.30. The standard InChI is InChI=1S/C27H34N8O6/c28-23(36)8-7-20(33-24(37)19-6-3-9-30-19)25(38)34-21(10-15-12-31-18-5-2-1-4-17(15)18)26(39)35-22(27(40)41)11-16-13-29-14-32-16/h1-2,4-5,12-14,19-22,30-31H,3,6-11H2,(H2,28,36)(H,29,32)(H,33,37)(H,34,38)(H,35,39)(H,40,41). The van der Waals surface area contributed by atoms with Crippen molar-refractivity contribution in [1.29, 1.82) is 0 Å². The first-order valence-corrected chi connectivity index (χ1v) is 13.4. The fourth-order valence-corrected chi connectivity index (χ4v) is 4.83. The lowest BCUT2D eigenvalue weighted by Crippen LogP contribution is -2.57. The van der Waals surface area contributed by atoms with Crippen LogP contribution >= 0.6 is 0 Å². The molecule has 218 valence electrons. The van der Waals surface area contributed by atoms with E-state index >= 15 is 0 Å². The van der Waals surface area contributed by atoms with Crippen molar-refractivity contribution in [3.8, 4) is 0 Å². The molecule has 0 aliphatic carbocycles. The smallest absolute Gasteiger partial charge is 0.326 e. The van der Waals surface area contributed by atoms with Crippen molar-refractivity contribution in [1.82, 2.24) is 36.2 Å². The summed E-state index contributed by atoms with van der Waals surface area (Å²) in [5.41, 5.74) is 7.35. The summed E-state index contributed by atoms with van der Waals surface area (Å²) in [4.78, 5) is 73.0. The van der Waals surface area contributed by atoms with Gasteiger partial charge < -0.3 is 42.1 Å². The molecule has 41 heavy (non-hydrogen) atoms. The van der Waals surface area contributed by atoms with E-state index in [2.05, 4.69) is 36.2 Å². The molecule has 2 aromatic heterocycles. The Morgan fingerprint density at radius 1 is 1.00 bits per heavy atom. The normalized spacial score (nSPS) is 16.9. The number of H-pyrrole nitrogens is 2. The largest absolute Gasteiger partial charge is 0.480 e. The van der Waals surface area contributed by atoms with Gasteiger partial charge in [-0.1, -0.05) is 18.2 Å². The van der Waals surface area contributed by atoms with E-state index in [1.807, 2.05) is 24.3 Å². The Kier molecular flexibility index (Phi) is 9.68. The maximum absolute atomic E-state index is 13.5. The predicted octanol–water partition coefficient (Wildman–Crippen LogP) is -0.767. The van der Waals surface area contributed by atoms with Crippen molar-refractivity contribution in [2.24, 2.45) is 5.73 Å². The van der Waals surface area contributed by atoms with E-state index in [0.29, 0.717) is 18.7 Å². The number of carbonyl (C=O) groups is 5. The van der Waals surface area contributed by atoms with Gasteiger partial charge in [0.05, 0.1) is 12.4 Å². The van der Waals surface area contributed by atoms with Crippen LogP contribution in [0.25, 0.3) is 10.9 Å². The van der Waals surface area contributed by atoms with Crippen LogP contribution in [0.1, 0.15) is 36.9 Å². The van der Waals surface area contributed by atoms with E-state index in [4.69, 9.17) is 5.73 Å². The number of benzene rings is 1. The van der Waals surface area contributed by atoms with E-state index in [-0.39, 0.29) is 25.7 Å². The lowest BCUT2D eigenvalue weighted by molar-refractivity contribution is -0.142. The SMILES string of the molecule is NC(=O)CCC(NC(=O)C1CCCN1)C(=O)NC(Cc1c[nH]c2ccccc12)C(=O)NC(Cc1cnc[nH]1)C(=O)O. The Morgan fingerprint density at radius 3 is 2.44 bits per heavy atom. The first kappa shape index (κ1) is 29.3. The average molecular weight is 567 g/mol. The minimum absolute atomic E-state index is 0.0264. The molecule has 9 N–H and O–H groups in total. The maximum atomic E-state index is 13.5. The number of nitrogens with one attached hydrogen (secondary N) is 6. The van der Waals surface area contributed by atoms with Gasteiger partial charge in [0.15, 0.2) is 0 Å². The van der Waals surface area contributed by atoms with Gasteiger partial charge >= 0.3 is 5.97 Å². The predicted molar refractivity (Wildman–Crippen MR) is 147 cm³/mol. The molecule has 0 bridgehead atoms. The summed E-state index contributed by atoms with van der Waals surface area (Å²) in [5.74, 6) is -3.73. The monoisotopic (exact) mass is 566 g/mol. The maximum Gasteiger partial charge on any atom is 0.326 e. The molecule has 0 spiro atoms. The molecule has 0 radical (unpaired) electrons. The van der Waals surface area contributed by atoms with Gasteiger partial charge in [-0.05, 0) is 37.4 Å². The average Bonchev–Trinajstić information content (AvgIpc) is 3.73. The van der Waals surface area contributed by atoms with Crippen molar-refractivity contribution in [2.75, 3.05) is 6.54 Å². The molecule has 1 fully saturated rings. The second-order valence-corrected chi connectivity index (χ2v) is 10.0. The van der Waals surface area contributed by atoms with Gasteiger partial charge in [-0.15, -0.1) is 0 Å². The Hall–Kier alpha value is -4.72. The number of nitrogens with zero attached hydrogens (tertiary/aromatic N) is 1. The number of carboxylic acid groups (broad SMARTS) is 1. The van der Waals surface area contributed by atoms with Gasteiger partial charge in [-0.2, -0.15) is 0 Å². The van der Waals surface area contributed by atoms with E-state index in [1.165, 1.54) is 12.5 Å². The van der Waals surface area contributed by atoms with Crippen molar-refractivity contribution in [3.63, 3.8) is 0 Å². The third kappa shape index (κ3) is 7.91. The van der Waals surface area contributed by atoms with Gasteiger partial charge in [0.1, 0.15) is 18.1 Å². The highest BCUT2D eigenvalue weighted by Gasteiger charge is 2.32. The van der Waals surface area contributed by atoms with Crippen LogP contribution in [0.5, 0.6) is 0 Å². The molecule has 4 rings (SSSR count). The molecule has 3 heterocycles. The quantitative estimate of drug-likeness (QED) is 0.123. The van der Waals surface area contributed by atoms with Crippen LogP contribution in [-0.4, -0.2) is 80.4 Å².